The van der Waals surface area contributed by atoms with Gasteiger partial charge in [-0.1, -0.05) is 13.8 Å². The van der Waals surface area contributed by atoms with Crippen LogP contribution < -0.4 is 5.73 Å². The molecule has 17 heavy (non-hydrogen) atoms. The Morgan fingerprint density at radius 2 is 2.35 bits per heavy atom. The summed E-state index contributed by atoms with van der Waals surface area (Å²) in [6.45, 7) is 6.76. The molecular formula is C13H21N3S. The zero-order chi connectivity index (χ0) is 12.0. The molecule has 0 radical (unpaired) electrons. The van der Waals surface area contributed by atoms with E-state index in [2.05, 4.69) is 24.1 Å². The molecule has 0 aromatic carbocycles. The van der Waals surface area contributed by atoms with E-state index < -0.39 is 0 Å². The van der Waals surface area contributed by atoms with Crippen LogP contribution >= 0.6 is 11.3 Å². The molecular weight excluding hydrogens is 230 g/mol. The van der Waals surface area contributed by atoms with Gasteiger partial charge < -0.3 is 5.73 Å². The van der Waals surface area contributed by atoms with Crippen LogP contribution in [0.4, 0.5) is 0 Å². The Kier molecular flexibility index (Phi) is 2.76. The second-order valence-electron chi connectivity index (χ2n) is 5.72. The molecule has 0 aliphatic carbocycles. The molecule has 0 saturated carbocycles. The van der Waals surface area contributed by atoms with E-state index in [4.69, 9.17) is 10.7 Å². The third kappa shape index (κ3) is 1.74. The lowest BCUT2D eigenvalue weighted by atomic mass is 9.90. The van der Waals surface area contributed by atoms with E-state index in [1.807, 2.05) is 0 Å². The molecule has 2 saturated heterocycles. The van der Waals surface area contributed by atoms with Gasteiger partial charge in [0.1, 0.15) is 5.01 Å². The summed E-state index contributed by atoms with van der Waals surface area (Å²) in [5.41, 5.74) is 7.71. The van der Waals surface area contributed by atoms with Crippen molar-refractivity contribution in [2.75, 3.05) is 13.1 Å². The number of hydrogen-bond acceptors (Lipinski definition) is 4. The number of hydrogen-bond donors (Lipinski definition) is 1. The van der Waals surface area contributed by atoms with Crippen LogP contribution in [0.25, 0.3) is 0 Å². The summed E-state index contributed by atoms with van der Waals surface area (Å²) in [4.78, 5) is 7.34. The monoisotopic (exact) mass is 251 g/mol. The summed E-state index contributed by atoms with van der Waals surface area (Å²) in [6.07, 6.45) is 3.61. The lowest BCUT2D eigenvalue weighted by molar-refractivity contribution is 0.265. The lowest BCUT2D eigenvalue weighted by Gasteiger charge is -2.29. The molecule has 2 aliphatic heterocycles. The third-order valence-electron chi connectivity index (χ3n) is 4.28. The molecule has 2 fully saturated rings. The fourth-order valence-electron chi connectivity index (χ4n) is 3.19. The van der Waals surface area contributed by atoms with Gasteiger partial charge in [0.25, 0.3) is 0 Å². The van der Waals surface area contributed by atoms with Crippen molar-refractivity contribution in [1.82, 2.24) is 9.88 Å². The Hall–Kier alpha value is -0.450. The molecule has 0 bridgehead atoms. The molecule has 2 N–H and O–H groups in total. The van der Waals surface area contributed by atoms with Crippen LogP contribution in [-0.2, 0) is 5.54 Å². The van der Waals surface area contributed by atoms with E-state index in [1.165, 1.54) is 25.1 Å². The summed E-state index contributed by atoms with van der Waals surface area (Å²) in [7, 11) is 0. The molecule has 2 atom stereocenters. The van der Waals surface area contributed by atoms with E-state index in [9.17, 15) is 0 Å². The Balaban J connectivity index is 1.91. The van der Waals surface area contributed by atoms with Crippen LogP contribution in [0.1, 0.15) is 49.7 Å². The zero-order valence-corrected chi connectivity index (χ0v) is 11.5. The Bertz CT molecular complexity index is 415. The number of thiazole rings is 1. The molecule has 94 valence electrons. The van der Waals surface area contributed by atoms with Gasteiger partial charge in [0.15, 0.2) is 0 Å². The van der Waals surface area contributed by atoms with Crippen molar-refractivity contribution in [3.63, 3.8) is 0 Å². The molecule has 0 amide bonds. The van der Waals surface area contributed by atoms with Crippen molar-refractivity contribution in [3.8, 4) is 0 Å². The number of nitrogens with two attached hydrogens (primary N) is 1. The quantitative estimate of drug-likeness (QED) is 0.877. The Morgan fingerprint density at radius 1 is 1.53 bits per heavy atom. The number of aromatic nitrogens is 1. The fourth-order valence-corrected chi connectivity index (χ4v) is 4.36. The van der Waals surface area contributed by atoms with E-state index in [-0.39, 0.29) is 5.54 Å². The second kappa shape index (κ2) is 4.04. The first kappa shape index (κ1) is 11.6. The second-order valence-corrected chi connectivity index (χ2v) is 6.57. The van der Waals surface area contributed by atoms with Crippen molar-refractivity contribution in [2.24, 2.45) is 5.73 Å². The van der Waals surface area contributed by atoms with Crippen molar-refractivity contribution >= 4 is 11.3 Å². The summed E-state index contributed by atoms with van der Waals surface area (Å²) < 4.78 is 0. The lowest BCUT2D eigenvalue weighted by Crippen LogP contribution is -2.46. The smallest absolute Gasteiger partial charge is 0.114 e. The first-order valence-electron chi connectivity index (χ1n) is 6.60. The third-order valence-corrected chi connectivity index (χ3v) is 5.34. The largest absolute Gasteiger partial charge is 0.318 e. The van der Waals surface area contributed by atoms with Crippen LogP contribution in [0.15, 0.2) is 5.38 Å². The number of nitrogens with zero attached hydrogens (tertiary/aromatic N) is 2. The van der Waals surface area contributed by atoms with Gasteiger partial charge in [-0.3, -0.25) is 4.90 Å². The van der Waals surface area contributed by atoms with E-state index in [1.54, 1.807) is 11.3 Å². The zero-order valence-electron chi connectivity index (χ0n) is 10.6. The van der Waals surface area contributed by atoms with Crippen molar-refractivity contribution in [1.29, 1.82) is 0 Å². The van der Waals surface area contributed by atoms with Crippen LogP contribution in [0.5, 0.6) is 0 Å². The van der Waals surface area contributed by atoms with Gasteiger partial charge >= 0.3 is 0 Å². The predicted molar refractivity (Wildman–Crippen MR) is 71.3 cm³/mol. The highest BCUT2D eigenvalue weighted by atomic mass is 32.1. The van der Waals surface area contributed by atoms with Gasteiger partial charge in [-0.05, 0) is 31.7 Å². The van der Waals surface area contributed by atoms with Crippen LogP contribution in [-0.4, -0.2) is 29.0 Å². The van der Waals surface area contributed by atoms with Crippen molar-refractivity contribution in [3.05, 3.63) is 16.1 Å². The Labute approximate surface area is 107 Å². The number of rotatable bonds is 2. The molecule has 3 nitrogen and oxygen atoms in total. The van der Waals surface area contributed by atoms with Gasteiger partial charge in [-0.15, -0.1) is 11.3 Å². The molecule has 3 rings (SSSR count). The average molecular weight is 251 g/mol. The molecule has 1 aromatic rings. The maximum atomic E-state index is 6.69. The normalized spacial score (nSPS) is 33.5. The SMILES string of the molecule is CC(C)c1csc(C2(N)CCN3CCCC32)n1. The van der Waals surface area contributed by atoms with E-state index >= 15 is 0 Å². The maximum Gasteiger partial charge on any atom is 0.114 e. The molecule has 3 heterocycles. The van der Waals surface area contributed by atoms with Gasteiger partial charge in [-0.2, -0.15) is 0 Å². The topological polar surface area (TPSA) is 42.1 Å². The molecule has 1 aromatic heterocycles. The minimum atomic E-state index is -0.172. The van der Waals surface area contributed by atoms with Gasteiger partial charge in [0, 0.05) is 18.0 Å². The maximum absolute atomic E-state index is 6.69. The van der Waals surface area contributed by atoms with Crippen LogP contribution in [0, 0.1) is 0 Å². The predicted octanol–water partition coefficient (Wildman–Crippen LogP) is 2.29. The molecule has 0 spiro atoms. The summed E-state index contributed by atoms with van der Waals surface area (Å²) in [6, 6.07) is 0.536. The fraction of sp³-hybridized carbons (Fsp3) is 0.769. The summed E-state index contributed by atoms with van der Waals surface area (Å²) >= 11 is 1.76. The Morgan fingerprint density at radius 3 is 3.06 bits per heavy atom. The van der Waals surface area contributed by atoms with Gasteiger partial charge in [0.2, 0.25) is 0 Å². The van der Waals surface area contributed by atoms with Crippen LogP contribution in [0.3, 0.4) is 0 Å². The van der Waals surface area contributed by atoms with Gasteiger partial charge in [0.05, 0.1) is 11.2 Å². The molecule has 2 aliphatic rings. The molecule has 2 unspecified atom stereocenters. The summed E-state index contributed by atoms with van der Waals surface area (Å²) in [5, 5.41) is 3.35. The first-order chi connectivity index (χ1) is 8.11. The number of fused-ring (bicyclic) bond motifs is 1. The first-order valence-corrected chi connectivity index (χ1v) is 7.48. The van der Waals surface area contributed by atoms with Gasteiger partial charge in [-0.25, -0.2) is 4.98 Å². The minimum absolute atomic E-state index is 0.172. The highest BCUT2D eigenvalue weighted by Gasteiger charge is 2.49. The standard InChI is InChI=1S/C13H21N3S/c1-9(2)10-8-17-12(15-10)13(14)5-7-16-6-3-4-11(13)16/h8-9,11H,3-7,14H2,1-2H3. The van der Waals surface area contributed by atoms with Crippen molar-refractivity contribution in [2.45, 2.75) is 50.6 Å². The highest BCUT2D eigenvalue weighted by Crippen LogP contribution is 2.42. The average Bonchev–Trinajstić information content (AvgIpc) is 2.96. The highest BCUT2D eigenvalue weighted by molar-refractivity contribution is 7.09. The summed E-state index contributed by atoms with van der Waals surface area (Å²) in [5.74, 6) is 0.504. The van der Waals surface area contributed by atoms with E-state index in [0.717, 1.165) is 18.0 Å². The minimum Gasteiger partial charge on any atom is -0.318 e. The van der Waals surface area contributed by atoms with Crippen molar-refractivity contribution < 1.29 is 0 Å². The molecule has 4 heteroatoms. The van der Waals surface area contributed by atoms with Crippen LogP contribution in [0.2, 0.25) is 0 Å². The van der Waals surface area contributed by atoms with E-state index in [0.29, 0.717) is 12.0 Å².